The number of hydrogen-bond acceptors (Lipinski definition) is 6. The van der Waals surface area contributed by atoms with Gasteiger partial charge in [-0.15, -0.1) is 0 Å². The van der Waals surface area contributed by atoms with Gasteiger partial charge in [0.15, 0.2) is 0 Å². The minimum absolute atomic E-state index is 0.0603. The van der Waals surface area contributed by atoms with Gasteiger partial charge in [-0.1, -0.05) is 0 Å². The summed E-state index contributed by atoms with van der Waals surface area (Å²) in [5, 5.41) is 4.37. The molecule has 8 heteroatoms. The van der Waals surface area contributed by atoms with E-state index in [9.17, 15) is 9.59 Å². The molecule has 2 aromatic heterocycles. The van der Waals surface area contributed by atoms with Crippen molar-refractivity contribution < 1.29 is 13.9 Å². The Hall–Kier alpha value is -2.61. The second-order valence-corrected chi connectivity index (χ2v) is 6.85. The lowest BCUT2D eigenvalue weighted by molar-refractivity contribution is 0.0668. The van der Waals surface area contributed by atoms with Gasteiger partial charge in [-0.2, -0.15) is 5.10 Å². The maximum Gasteiger partial charge on any atom is 0.269 e. The van der Waals surface area contributed by atoms with Crippen molar-refractivity contribution in [3.8, 4) is 0 Å². The van der Waals surface area contributed by atoms with Crippen molar-refractivity contribution in [1.82, 2.24) is 14.7 Å². The standard InChI is InChI=1S/C19H26N4O4/c1-14-17(6-9-27-14)19(25)22-7-4-5-15(13-22)23-18(24)11-16(12-20-23)21(2)8-10-26-3/h6,9,11-12,15H,4-5,7-8,10,13H2,1-3H3/t15-/m1/s1. The van der Waals surface area contributed by atoms with Crippen LogP contribution in [0, 0.1) is 6.92 Å². The molecule has 1 atom stereocenters. The summed E-state index contributed by atoms with van der Waals surface area (Å²) in [5.41, 5.74) is 1.17. The number of furan rings is 1. The van der Waals surface area contributed by atoms with Crippen LogP contribution in [0.25, 0.3) is 0 Å². The largest absolute Gasteiger partial charge is 0.469 e. The average molecular weight is 374 g/mol. The van der Waals surface area contributed by atoms with Gasteiger partial charge < -0.3 is 19.0 Å². The second kappa shape index (κ2) is 8.39. The highest BCUT2D eigenvalue weighted by Crippen LogP contribution is 2.22. The molecule has 0 aliphatic carbocycles. The van der Waals surface area contributed by atoms with E-state index < -0.39 is 0 Å². The van der Waals surface area contributed by atoms with Gasteiger partial charge in [0.1, 0.15) is 5.76 Å². The maximum absolute atomic E-state index is 12.7. The van der Waals surface area contributed by atoms with E-state index in [1.807, 2.05) is 11.9 Å². The van der Waals surface area contributed by atoms with Crippen molar-refractivity contribution in [1.29, 1.82) is 0 Å². The molecule has 0 spiro atoms. The lowest BCUT2D eigenvalue weighted by Gasteiger charge is -2.33. The predicted octanol–water partition coefficient (Wildman–Crippen LogP) is 1.70. The van der Waals surface area contributed by atoms with Crippen LogP contribution in [0.2, 0.25) is 0 Å². The van der Waals surface area contributed by atoms with Gasteiger partial charge in [-0.25, -0.2) is 4.68 Å². The highest BCUT2D eigenvalue weighted by Gasteiger charge is 2.28. The third kappa shape index (κ3) is 4.21. The number of methoxy groups -OCH3 is 1. The molecular weight excluding hydrogens is 348 g/mol. The highest BCUT2D eigenvalue weighted by atomic mass is 16.5. The summed E-state index contributed by atoms with van der Waals surface area (Å²) in [5.74, 6) is 0.552. The molecular formula is C19H26N4O4. The summed E-state index contributed by atoms with van der Waals surface area (Å²) in [6.45, 7) is 4.17. The second-order valence-electron chi connectivity index (χ2n) is 6.85. The molecule has 1 aliphatic rings. The van der Waals surface area contributed by atoms with E-state index in [2.05, 4.69) is 5.10 Å². The van der Waals surface area contributed by atoms with Crippen molar-refractivity contribution in [2.75, 3.05) is 45.3 Å². The first-order chi connectivity index (χ1) is 13.0. The molecule has 1 fully saturated rings. The lowest BCUT2D eigenvalue weighted by Crippen LogP contribution is -2.43. The summed E-state index contributed by atoms with van der Waals surface area (Å²) in [6, 6.07) is 3.15. The lowest BCUT2D eigenvalue weighted by atomic mass is 10.0. The van der Waals surface area contributed by atoms with Gasteiger partial charge in [0.05, 0.1) is 36.4 Å². The highest BCUT2D eigenvalue weighted by molar-refractivity contribution is 5.95. The molecule has 1 amide bonds. The minimum Gasteiger partial charge on any atom is -0.469 e. The van der Waals surface area contributed by atoms with E-state index in [4.69, 9.17) is 9.15 Å². The third-order valence-electron chi connectivity index (χ3n) is 5.00. The number of ether oxygens (including phenoxy) is 1. The molecule has 3 heterocycles. The van der Waals surface area contributed by atoms with Crippen LogP contribution in [-0.2, 0) is 4.74 Å². The van der Waals surface area contributed by atoms with Gasteiger partial charge in [0.25, 0.3) is 11.5 Å². The zero-order chi connectivity index (χ0) is 19.4. The Labute approximate surface area is 158 Å². The van der Waals surface area contributed by atoms with Gasteiger partial charge in [-0.05, 0) is 25.8 Å². The van der Waals surface area contributed by atoms with E-state index in [-0.39, 0.29) is 17.5 Å². The summed E-state index contributed by atoms with van der Waals surface area (Å²) < 4.78 is 11.8. The number of nitrogens with zero attached hydrogens (tertiary/aromatic N) is 4. The Balaban J connectivity index is 1.73. The molecule has 0 radical (unpaired) electrons. The number of carbonyl (C=O) groups is 1. The number of likely N-dealkylation sites (tertiary alicyclic amines) is 1. The monoisotopic (exact) mass is 374 g/mol. The molecule has 146 valence electrons. The number of rotatable bonds is 6. The van der Waals surface area contributed by atoms with Crippen LogP contribution in [0.4, 0.5) is 5.69 Å². The van der Waals surface area contributed by atoms with E-state index >= 15 is 0 Å². The molecule has 3 rings (SSSR count). The number of carbonyl (C=O) groups excluding carboxylic acids is 1. The first kappa shape index (κ1) is 19.2. The Morgan fingerprint density at radius 2 is 2.30 bits per heavy atom. The summed E-state index contributed by atoms with van der Waals surface area (Å²) in [6.07, 6.45) is 4.86. The number of likely N-dealkylation sites (N-methyl/N-ethyl adjacent to an activating group) is 1. The van der Waals surface area contributed by atoms with Crippen molar-refractivity contribution in [2.45, 2.75) is 25.8 Å². The van der Waals surface area contributed by atoms with E-state index in [0.29, 0.717) is 37.6 Å². The molecule has 27 heavy (non-hydrogen) atoms. The smallest absolute Gasteiger partial charge is 0.269 e. The maximum atomic E-state index is 12.7. The molecule has 0 saturated carbocycles. The fraction of sp³-hybridized carbons (Fsp3) is 0.526. The van der Waals surface area contributed by atoms with Crippen LogP contribution >= 0.6 is 0 Å². The van der Waals surface area contributed by atoms with E-state index in [0.717, 1.165) is 18.5 Å². The topological polar surface area (TPSA) is 80.8 Å². The quantitative estimate of drug-likeness (QED) is 0.766. The number of aryl methyl sites for hydroxylation is 1. The minimum atomic E-state index is -0.157. The van der Waals surface area contributed by atoms with Crippen molar-refractivity contribution >= 4 is 11.6 Å². The molecule has 8 nitrogen and oxygen atoms in total. The Kier molecular flexibility index (Phi) is 5.95. The van der Waals surface area contributed by atoms with Gasteiger partial charge in [0.2, 0.25) is 0 Å². The van der Waals surface area contributed by atoms with Gasteiger partial charge >= 0.3 is 0 Å². The van der Waals surface area contributed by atoms with Crippen LogP contribution in [-0.4, -0.2) is 61.0 Å². The number of aromatic nitrogens is 2. The Bertz CT molecular complexity index is 844. The number of anilines is 1. The average Bonchev–Trinajstić information content (AvgIpc) is 3.11. The third-order valence-corrected chi connectivity index (χ3v) is 5.00. The number of piperidine rings is 1. The number of hydrogen-bond donors (Lipinski definition) is 0. The van der Waals surface area contributed by atoms with Crippen molar-refractivity contribution in [3.63, 3.8) is 0 Å². The summed E-state index contributed by atoms with van der Waals surface area (Å²) in [7, 11) is 3.54. The molecule has 1 saturated heterocycles. The SMILES string of the molecule is COCCN(C)c1cnn([C@@H]2CCCN(C(=O)c3ccoc3C)C2)c(=O)c1. The van der Waals surface area contributed by atoms with Crippen LogP contribution < -0.4 is 10.5 Å². The number of amides is 1. The first-order valence-corrected chi connectivity index (χ1v) is 9.13. The molecule has 0 N–H and O–H groups in total. The van der Waals surface area contributed by atoms with Crippen molar-refractivity contribution in [2.24, 2.45) is 0 Å². The normalized spacial score (nSPS) is 17.1. The molecule has 0 unspecified atom stereocenters. The fourth-order valence-corrected chi connectivity index (χ4v) is 3.36. The molecule has 0 bridgehead atoms. The van der Waals surface area contributed by atoms with Gasteiger partial charge in [-0.3, -0.25) is 9.59 Å². The van der Waals surface area contributed by atoms with Gasteiger partial charge in [0, 0.05) is 39.9 Å². The molecule has 1 aliphatic heterocycles. The van der Waals surface area contributed by atoms with Crippen LogP contribution in [0.15, 0.2) is 33.8 Å². The zero-order valence-electron chi connectivity index (χ0n) is 16.1. The first-order valence-electron chi connectivity index (χ1n) is 9.13. The predicted molar refractivity (Wildman–Crippen MR) is 101 cm³/mol. The zero-order valence-corrected chi connectivity index (χ0v) is 16.1. The van der Waals surface area contributed by atoms with E-state index in [1.54, 1.807) is 37.3 Å². The Morgan fingerprint density at radius 3 is 2.96 bits per heavy atom. The van der Waals surface area contributed by atoms with Crippen molar-refractivity contribution in [3.05, 3.63) is 46.3 Å². The molecule has 2 aromatic rings. The fourth-order valence-electron chi connectivity index (χ4n) is 3.36. The summed E-state index contributed by atoms with van der Waals surface area (Å²) in [4.78, 5) is 29.0. The molecule has 0 aromatic carbocycles. The Morgan fingerprint density at radius 1 is 1.48 bits per heavy atom. The van der Waals surface area contributed by atoms with Crippen LogP contribution in [0.5, 0.6) is 0 Å². The van der Waals surface area contributed by atoms with Crippen LogP contribution in [0.3, 0.4) is 0 Å². The van der Waals surface area contributed by atoms with E-state index in [1.165, 1.54) is 10.9 Å². The summed E-state index contributed by atoms with van der Waals surface area (Å²) >= 11 is 0. The van der Waals surface area contributed by atoms with Crippen LogP contribution in [0.1, 0.15) is 35.0 Å².